The summed E-state index contributed by atoms with van der Waals surface area (Å²) in [5.41, 5.74) is 1.26. The largest absolute Gasteiger partial charge is 0.341 e. The van der Waals surface area contributed by atoms with E-state index >= 15 is 0 Å². The van der Waals surface area contributed by atoms with E-state index in [0.717, 1.165) is 64.1 Å². The van der Waals surface area contributed by atoms with Crippen molar-refractivity contribution >= 4 is 11.6 Å². The van der Waals surface area contributed by atoms with Gasteiger partial charge in [0.05, 0.1) is 4.92 Å². The van der Waals surface area contributed by atoms with Gasteiger partial charge in [-0.05, 0) is 44.8 Å². The van der Waals surface area contributed by atoms with Crippen LogP contribution in [0.2, 0.25) is 0 Å². The van der Waals surface area contributed by atoms with Crippen molar-refractivity contribution in [3.05, 3.63) is 39.9 Å². The van der Waals surface area contributed by atoms with Gasteiger partial charge in [-0.15, -0.1) is 0 Å². The lowest BCUT2D eigenvalue weighted by Gasteiger charge is -2.28. The van der Waals surface area contributed by atoms with E-state index in [1.807, 2.05) is 17.0 Å². The molecule has 1 atom stereocenters. The summed E-state index contributed by atoms with van der Waals surface area (Å²) in [5.74, 6) is 0.263. The van der Waals surface area contributed by atoms with Crippen LogP contribution in [-0.4, -0.2) is 65.9 Å². The zero-order valence-corrected chi connectivity index (χ0v) is 16.5. The van der Waals surface area contributed by atoms with Gasteiger partial charge in [-0.1, -0.05) is 19.1 Å². The lowest BCUT2D eigenvalue weighted by Crippen LogP contribution is -2.36. The molecule has 1 heterocycles. The van der Waals surface area contributed by atoms with Gasteiger partial charge in [0.15, 0.2) is 0 Å². The summed E-state index contributed by atoms with van der Waals surface area (Å²) in [6, 6.07) is 7.22. The fourth-order valence-corrected chi connectivity index (χ4v) is 3.59. The highest BCUT2D eigenvalue weighted by molar-refractivity contribution is 5.76. The molecule has 1 aromatic carbocycles. The number of unbranched alkanes of at least 4 members (excludes halogenated alkanes) is 1. The van der Waals surface area contributed by atoms with Crippen molar-refractivity contribution in [1.29, 1.82) is 0 Å². The highest BCUT2D eigenvalue weighted by atomic mass is 16.6. The van der Waals surface area contributed by atoms with E-state index in [9.17, 15) is 14.9 Å². The van der Waals surface area contributed by atoms with Crippen LogP contribution in [0.15, 0.2) is 24.3 Å². The van der Waals surface area contributed by atoms with Crippen molar-refractivity contribution in [3.8, 4) is 0 Å². The third-order valence-corrected chi connectivity index (χ3v) is 5.26. The maximum Gasteiger partial charge on any atom is 0.269 e. The van der Waals surface area contributed by atoms with E-state index in [4.69, 9.17) is 0 Å². The maximum absolute atomic E-state index is 12.0. The summed E-state index contributed by atoms with van der Waals surface area (Å²) in [7, 11) is 0. The minimum absolute atomic E-state index is 0.136. The van der Waals surface area contributed by atoms with Crippen LogP contribution in [0.5, 0.6) is 0 Å². The topological polar surface area (TPSA) is 78.7 Å². The van der Waals surface area contributed by atoms with Crippen molar-refractivity contribution in [2.24, 2.45) is 0 Å². The molecule has 1 amide bonds. The Labute approximate surface area is 161 Å². The van der Waals surface area contributed by atoms with Crippen LogP contribution in [0.25, 0.3) is 0 Å². The Balaban J connectivity index is 1.74. The van der Waals surface area contributed by atoms with Crippen molar-refractivity contribution in [2.75, 3.05) is 39.3 Å². The summed E-state index contributed by atoms with van der Waals surface area (Å²) in [4.78, 5) is 26.8. The molecule has 0 aromatic heterocycles. The Kier molecular flexibility index (Phi) is 8.67. The molecule has 0 radical (unpaired) electrons. The second-order valence-electron chi connectivity index (χ2n) is 7.19. The molecule has 150 valence electrons. The van der Waals surface area contributed by atoms with E-state index < -0.39 is 0 Å². The predicted octanol–water partition coefficient (Wildman–Crippen LogP) is 2.45. The minimum Gasteiger partial charge on any atom is -0.341 e. The molecule has 0 bridgehead atoms. The Bertz CT molecular complexity index is 606. The zero-order chi connectivity index (χ0) is 19.6. The van der Waals surface area contributed by atoms with Gasteiger partial charge >= 0.3 is 0 Å². The van der Waals surface area contributed by atoms with Gasteiger partial charge in [-0.2, -0.15) is 0 Å². The third-order valence-electron chi connectivity index (χ3n) is 5.26. The number of nitrogens with one attached hydrogen (secondary N) is 1. The first kappa shape index (κ1) is 21.3. The molecular formula is C20H32N4O3. The fraction of sp³-hybridized carbons (Fsp3) is 0.650. The molecule has 2 rings (SSSR count). The van der Waals surface area contributed by atoms with Crippen LogP contribution in [0.4, 0.5) is 5.69 Å². The SMILES string of the molecule is CCN(CCCCN1CCNCCC1=O)C(C)Cc1ccc([N+](=O)[O-])cc1. The van der Waals surface area contributed by atoms with Crippen LogP contribution in [0.3, 0.4) is 0 Å². The van der Waals surface area contributed by atoms with Gasteiger partial charge in [0, 0.05) is 50.8 Å². The molecule has 7 nitrogen and oxygen atoms in total. The molecule has 0 aliphatic carbocycles. The molecule has 1 fully saturated rings. The average molecular weight is 377 g/mol. The summed E-state index contributed by atoms with van der Waals surface area (Å²) >= 11 is 0. The second-order valence-corrected chi connectivity index (χ2v) is 7.19. The zero-order valence-electron chi connectivity index (χ0n) is 16.5. The van der Waals surface area contributed by atoms with Gasteiger partial charge in [0.25, 0.3) is 5.69 Å². The first-order chi connectivity index (χ1) is 13.0. The number of nitro groups is 1. The highest BCUT2D eigenvalue weighted by Gasteiger charge is 2.17. The molecule has 27 heavy (non-hydrogen) atoms. The van der Waals surface area contributed by atoms with E-state index in [1.54, 1.807) is 12.1 Å². The molecule has 1 aliphatic rings. The van der Waals surface area contributed by atoms with Crippen LogP contribution >= 0.6 is 0 Å². The van der Waals surface area contributed by atoms with Crippen LogP contribution in [-0.2, 0) is 11.2 Å². The smallest absolute Gasteiger partial charge is 0.269 e. The number of amides is 1. The molecule has 1 N–H and O–H groups in total. The molecule has 1 aromatic rings. The third kappa shape index (κ3) is 6.92. The number of non-ortho nitro benzene ring substituents is 1. The number of likely N-dealkylation sites (N-methyl/N-ethyl adjacent to an activating group) is 1. The number of hydrogen-bond acceptors (Lipinski definition) is 5. The number of nitro benzene ring substituents is 1. The van der Waals surface area contributed by atoms with Crippen molar-refractivity contribution in [1.82, 2.24) is 15.1 Å². The quantitative estimate of drug-likeness (QED) is 0.385. The lowest BCUT2D eigenvalue weighted by molar-refractivity contribution is -0.384. The second kappa shape index (κ2) is 11.0. The van der Waals surface area contributed by atoms with Gasteiger partial charge in [0.2, 0.25) is 5.91 Å². The van der Waals surface area contributed by atoms with E-state index in [1.165, 1.54) is 0 Å². The molecule has 1 unspecified atom stereocenters. The Morgan fingerprint density at radius 2 is 2.00 bits per heavy atom. The summed E-state index contributed by atoms with van der Waals surface area (Å²) in [6.45, 7) is 9.68. The summed E-state index contributed by atoms with van der Waals surface area (Å²) in [6.07, 6.45) is 3.57. The summed E-state index contributed by atoms with van der Waals surface area (Å²) in [5, 5.41) is 14.0. The van der Waals surface area contributed by atoms with Gasteiger partial charge in [-0.3, -0.25) is 14.9 Å². The molecule has 0 spiro atoms. The molecule has 0 saturated carbocycles. The molecule has 1 saturated heterocycles. The molecular weight excluding hydrogens is 344 g/mol. The summed E-state index contributed by atoms with van der Waals surface area (Å²) < 4.78 is 0. The fourth-order valence-electron chi connectivity index (χ4n) is 3.59. The standard InChI is InChI=1S/C20H32N4O3/c1-3-22(13-4-5-14-23-15-12-21-11-10-20(23)25)17(2)16-18-6-8-19(9-7-18)24(26)27/h6-9,17,21H,3-5,10-16H2,1-2H3. The first-order valence-corrected chi connectivity index (χ1v) is 9.97. The number of rotatable bonds is 10. The van der Waals surface area contributed by atoms with Crippen LogP contribution < -0.4 is 5.32 Å². The predicted molar refractivity (Wildman–Crippen MR) is 107 cm³/mol. The maximum atomic E-state index is 12.0. The van der Waals surface area contributed by atoms with Crippen LogP contribution in [0.1, 0.15) is 38.7 Å². The van der Waals surface area contributed by atoms with Crippen molar-refractivity contribution in [2.45, 2.75) is 45.6 Å². The highest BCUT2D eigenvalue weighted by Crippen LogP contribution is 2.15. The molecule has 1 aliphatic heterocycles. The van der Waals surface area contributed by atoms with Gasteiger partial charge < -0.3 is 15.1 Å². The normalized spacial score (nSPS) is 16.4. The van der Waals surface area contributed by atoms with Crippen LogP contribution in [0, 0.1) is 10.1 Å². The Morgan fingerprint density at radius 1 is 1.26 bits per heavy atom. The first-order valence-electron chi connectivity index (χ1n) is 9.97. The number of carbonyl (C=O) groups is 1. The average Bonchev–Trinajstić information content (AvgIpc) is 2.86. The van der Waals surface area contributed by atoms with E-state index in [0.29, 0.717) is 12.5 Å². The molecule has 7 heteroatoms. The Morgan fingerprint density at radius 3 is 2.67 bits per heavy atom. The lowest BCUT2D eigenvalue weighted by atomic mass is 10.1. The Hall–Kier alpha value is -1.99. The van der Waals surface area contributed by atoms with Gasteiger partial charge in [0.1, 0.15) is 0 Å². The van der Waals surface area contributed by atoms with E-state index in [2.05, 4.69) is 24.1 Å². The van der Waals surface area contributed by atoms with Crippen molar-refractivity contribution in [3.63, 3.8) is 0 Å². The van der Waals surface area contributed by atoms with Gasteiger partial charge in [-0.25, -0.2) is 0 Å². The van der Waals surface area contributed by atoms with Crippen molar-refractivity contribution < 1.29 is 9.72 Å². The number of benzene rings is 1. The van der Waals surface area contributed by atoms with E-state index in [-0.39, 0.29) is 16.5 Å². The number of nitrogens with zero attached hydrogens (tertiary/aromatic N) is 3. The monoisotopic (exact) mass is 376 g/mol. The number of carbonyl (C=O) groups excluding carboxylic acids is 1. The number of hydrogen-bond donors (Lipinski definition) is 1. The minimum atomic E-state index is -0.364.